The zero-order valence-electron chi connectivity index (χ0n) is 15.8. The monoisotopic (exact) mass is 438 g/mol. The molecular weight excluding hydrogens is 412 g/mol. The third kappa shape index (κ3) is 6.65. The van der Waals surface area contributed by atoms with E-state index in [9.17, 15) is 14.4 Å². The number of nitrogens with one attached hydrogen (secondary N) is 2. The lowest BCUT2D eigenvalue weighted by Gasteiger charge is -2.23. The number of carbonyl (C=O) groups excluding carboxylic acids is 3. The second kappa shape index (κ2) is 10.4. The number of methoxy groups -OCH3 is 1. The van der Waals surface area contributed by atoms with E-state index in [-0.39, 0.29) is 5.91 Å². The summed E-state index contributed by atoms with van der Waals surface area (Å²) in [5, 5.41) is 5.41. The van der Waals surface area contributed by atoms with E-state index in [4.69, 9.17) is 4.74 Å². The predicted molar refractivity (Wildman–Crippen MR) is 106 cm³/mol. The molecule has 1 aromatic carbocycles. The third-order valence-electron chi connectivity index (χ3n) is 4.90. The molecule has 2 rings (SSSR count). The van der Waals surface area contributed by atoms with Crippen LogP contribution in [-0.4, -0.2) is 30.9 Å². The Balaban J connectivity index is 1.93. The molecule has 0 aliphatic heterocycles. The quantitative estimate of drug-likeness (QED) is 0.639. The van der Waals surface area contributed by atoms with Gasteiger partial charge < -0.3 is 15.4 Å². The van der Waals surface area contributed by atoms with Gasteiger partial charge >= 0.3 is 5.97 Å². The van der Waals surface area contributed by atoms with Crippen LogP contribution < -0.4 is 10.6 Å². The number of esters is 1. The summed E-state index contributed by atoms with van der Waals surface area (Å²) in [7, 11) is 1.27. The van der Waals surface area contributed by atoms with Crippen LogP contribution in [0.1, 0.15) is 57.1 Å². The summed E-state index contributed by atoms with van der Waals surface area (Å²) in [6.45, 7) is 1.62. The average Bonchev–Trinajstić information content (AvgIpc) is 2.66. The van der Waals surface area contributed by atoms with Gasteiger partial charge in [-0.1, -0.05) is 47.3 Å². The van der Waals surface area contributed by atoms with Crippen molar-refractivity contribution < 1.29 is 19.1 Å². The molecule has 1 saturated carbocycles. The van der Waals surface area contributed by atoms with Gasteiger partial charge in [-0.15, -0.1) is 0 Å². The van der Waals surface area contributed by atoms with Gasteiger partial charge in [-0.3, -0.25) is 9.59 Å². The van der Waals surface area contributed by atoms with Crippen molar-refractivity contribution >= 4 is 33.7 Å². The molecular formula is C20H27BrN2O4. The van der Waals surface area contributed by atoms with Crippen molar-refractivity contribution in [3.63, 3.8) is 0 Å². The van der Waals surface area contributed by atoms with Gasteiger partial charge in [0.2, 0.25) is 11.8 Å². The van der Waals surface area contributed by atoms with Crippen molar-refractivity contribution in [3.05, 3.63) is 34.3 Å². The summed E-state index contributed by atoms with van der Waals surface area (Å²) >= 11 is 3.34. The first kappa shape index (κ1) is 21.4. The summed E-state index contributed by atoms with van der Waals surface area (Å²) in [6, 6.07) is 5.38. The van der Waals surface area contributed by atoms with E-state index >= 15 is 0 Å². The Bertz CT molecular complexity index is 656. The number of rotatable bonds is 7. The maximum absolute atomic E-state index is 12.5. The van der Waals surface area contributed by atoms with E-state index in [0.29, 0.717) is 17.9 Å². The fourth-order valence-electron chi connectivity index (χ4n) is 3.34. The average molecular weight is 439 g/mol. The summed E-state index contributed by atoms with van der Waals surface area (Å²) < 4.78 is 5.67. The number of halogens is 1. The molecule has 2 unspecified atom stereocenters. The van der Waals surface area contributed by atoms with Crippen molar-refractivity contribution in [2.24, 2.45) is 5.92 Å². The van der Waals surface area contributed by atoms with E-state index in [2.05, 4.69) is 26.6 Å². The summed E-state index contributed by atoms with van der Waals surface area (Å²) in [5.74, 6) is -0.709. The Labute approximate surface area is 168 Å². The molecule has 148 valence electrons. The molecule has 0 spiro atoms. The van der Waals surface area contributed by atoms with Crippen LogP contribution >= 0.6 is 15.9 Å². The minimum atomic E-state index is -0.923. The van der Waals surface area contributed by atoms with Crippen LogP contribution in [0.5, 0.6) is 0 Å². The van der Waals surface area contributed by atoms with Crippen LogP contribution in [0, 0.1) is 5.92 Å². The number of benzene rings is 1. The summed E-state index contributed by atoms with van der Waals surface area (Å²) in [4.78, 5) is 36.8. The fraction of sp³-hybridized carbons (Fsp3) is 0.550. The largest absolute Gasteiger partial charge is 0.467 e. The minimum absolute atomic E-state index is 0.122. The van der Waals surface area contributed by atoms with E-state index < -0.39 is 24.0 Å². The lowest BCUT2D eigenvalue weighted by Crippen LogP contribution is -2.47. The fourth-order valence-corrected chi connectivity index (χ4v) is 3.60. The molecule has 2 N–H and O–H groups in total. The number of hydrogen-bond donors (Lipinski definition) is 2. The number of amides is 2. The minimum Gasteiger partial charge on any atom is -0.467 e. The van der Waals surface area contributed by atoms with Crippen LogP contribution in [0.3, 0.4) is 0 Å². The zero-order valence-corrected chi connectivity index (χ0v) is 17.4. The molecule has 2 amide bonds. The number of hydrogen-bond acceptors (Lipinski definition) is 4. The topological polar surface area (TPSA) is 84.5 Å². The Hall–Kier alpha value is -1.89. The first-order chi connectivity index (χ1) is 12.9. The lowest BCUT2D eigenvalue weighted by molar-refractivity contribution is -0.145. The standard InChI is InChI=1S/C20H27BrN2O4/c1-13(22-17(24)12-14-6-4-3-5-7-14)19(25)23-18(20(26)27-2)15-8-10-16(21)11-9-15/h8-11,13-14,18H,3-7,12H2,1-2H3,(H,22,24)(H,23,25). The van der Waals surface area contributed by atoms with Gasteiger partial charge in [0, 0.05) is 10.9 Å². The van der Waals surface area contributed by atoms with Gasteiger partial charge in [-0.2, -0.15) is 0 Å². The highest BCUT2D eigenvalue weighted by Gasteiger charge is 2.27. The normalized spacial score (nSPS) is 16.9. The van der Waals surface area contributed by atoms with Crippen LogP contribution in [0.25, 0.3) is 0 Å². The molecule has 2 atom stereocenters. The molecule has 1 aromatic rings. The van der Waals surface area contributed by atoms with Crippen molar-refractivity contribution in [1.29, 1.82) is 0 Å². The molecule has 0 bridgehead atoms. The van der Waals surface area contributed by atoms with Gasteiger partial charge in [0.15, 0.2) is 6.04 Å². The van der Waals surface area contributed by atoms with E-state index in [0.717, 1.165) is 17.3 Å². The summed E-state index contributed by atoms with van der Waals surface area (Å²) in [6.07, 6.45) is 6.17. The zero-order chi connectivity index (χ0) is 19.8. The van der Waals surface area contributed by atoms with E-state index in [1.54, 1.807) is 31.2 Å². The number of carbonyl (C=O) groups is 3. The van der Waals surface area contributed by atoms with Gasteiger partial charge in [-0.25, -0.2) is 4.79 Å². The van der Waals surface area contributed by atoms with E-state index in [1.807, 2.05) is 0 Å². The van der Waals surface area contributed by atoms with Gasteiger partial charge in [0.25, 0.3) is 0 Å². The SMILES string of the molecule is COC(=O)C(NC(=O)C(C)NC(=O)CC1CCCCC1)c1ccc(Br)cc1. The molecule has 6 nitrogen and oxygen atoms in total. The maximum Gasteiger partial charge on any atom is 0.333 e. The Kier molecular flexibility index (Phi) is 8.28. The number of ether oxygens (including phenoxy) is 1. The molecule has 27 heavy (non-hydrogen) atoms. The molecule has 1 aliphatic rings. The van der Waals surface area contributed by atoms with Crippen LogP contribution in [-0.2, 0) is 19.1 Å². The smallest absolute Gasteiger partial charge is 0.333 e. The highest BCUT2D eigenvalue weighted by atomic mass is 79.9. The molecule has 0 saturated heterocycles. The van der Waals surface area contributed by atoms with Crippen molar-refractivity contribution in [1.82, 2.24) is 10.6 Å². The molecule has 0 radical (unpaired) electrons. The Morgan fingerprint density at radius 2 is 1.74 bits per heavy atom. The second-order valence-corrected chi connectivity index (χ2v) is 7.93. The van der Waals surface area contributed by atoms with Crippen molar-refractivity contribution in [2.45, 2.75) is 57.5 Å². The predicted octanol–water partition coefficient (Wildman–Crippen LogP) is 3.25. The molecule has 1 aliphatic carbocycles. The van der Waals surface area contributed by atoms with Gasteiger partial charge in [0.1, 0.15) is 6.04 Å². The molecule has 7 heteroatoms. The van der Waals surface area contributed by atoms with Gasteiger partial charge in [0.05, 0.1) is 7.11 Å². The van der Waals surface area contributed by atoms with Crippen LogP contribution in [0.2, 0.25) is 0 Å². The lowest BCUT2D eigenvalue weighted by atomic mass is 9.87. The van der Waals surface area contributed by atoms with Crippen LogP contribution in [0.4, 0.5) is 0 Å². The summed E-state index contributed by atoms with van der Waals surface area (Å²) in [5.41, 5.74) is 0.610. The first-order valence-electron chi connectivity index (χ1n) is 9.33. The molecule has 0 aromatic heterocycles. The highest BCUT2D eigenvalue weighted by molar-refractivity contribution is 9.10. The van der Waals surface area contributed by atoms with Gasteiger partial charge in [-0.05, 0) is 43.4 Å². The van der Waals surface area contributed by atoms with Crippen molar-refractivity contribution in [3.8, 4) is 0 Å². The highest BCUT2D eigenvalue weighted by Crippen LogP contribution is 2.26. The molecule has 0 heterocycles. The third-order valence-corrected chi connectivity index (χ3v) is 5.43. The Morgan fingerprint density at radius 1 is 1.11 bits per heavy atom. The second-order valence-electron chi connectivity index (χ2n) is 7.01. The first-order valence-corrected chi connectivity index (χ1v) is 10.1. The van der Waals surface area contributed by atoms with Crippen LogP contribution in [0.15, 0.2) is 28.7 Å². The maximum atomic E-state index is 12.5. The molecule has 1 fully saturated rings. The van der Waals surface area contributed by atoms with E-state index in [1.165, 1.54) is 26.4 Å². The van der Waals surface area contributed by atoms with Crippen molar-refractivity contribution in [2.75, 3.05) is 7.11 Å². The Morgan fingerprint density at radius 3 is 2.33 bits per heavy atom.